The van der Waals surface area contributed by atoms with Crippen molar-refractivity contribution in [3.8, 4) is 0 Å². The molecule has 0 amide bonds. The summed E-state index contributed by atoms with van der Waals surface area (Å²) in [6, 6.07) is 0.110. The van der Waals surface area contributed by atoms with Crippen molar-refractivity contribution >= 4 is 0 Å². The van der Waals surface area contributed by atoms with Crippen LogP contribution in [0.15, 0.2) is 109 Å². The molecule has 0 aromatic heterocycles. The molecule has 0 aromatic rings. The molecule has 0 saturated heterocycles. The number of hydrogen-bond donors (Lipinski definition) is 1. The third-order valence-electron chi connectivity index (χ3n) is 10.2. The minimum atomic E-state index is 0.0170. The van der Waals surface area contributed by atoms with E-state index in [9.17, 15) is 0 Å². The number of allylic oxidation sites excluding steroid dienone is 9. The normalized spacial score (nSPS) is 14.7. The second kappa shape index (κ2) is 22.3. The van der Waals surface area contributed by atoms with E-state index in [4.69, 9.17) is 5.73 Å². The van der Waals surface area contributed by atoms with Crippen LogP contribution in [0.2, 0.25) is 0 Å². The van der Waals surface area contributed by atoms with Gasteiger partial charge >= 0.3 is 0 Å². The highest BCUT2D eigenvalue weighted by Gasteiger charge is 2.36. The minimum Gasteiger partial charge on any atom is -0.327 e. The van der Waals surface area contributed by atoms with Gasteiger partial charge in [0.2, 0.25) is 0 Å². The van der Waals surface area contributed by atoms with Crippen molar-refractivity contribution in [2.45, 2.75) is 151 Å². The van der Waals surface area contributed by atoms with Gasteiger partial charge in [-0.15, -0.1) is 0 Å². The lowest BCUT2D eigenvalue weighted by molar-refractivity contribution is 0.139. The fraction of sp³-hybridized carbons (Fsp3) is 0.609. The summed E-state index contributed by atoms with van der Waals surface area (Å²) in [6.45, 7) is 57.6. The van der Waals surface area contributed by atoms with Crippen LogP contribution in [0.1, 0.15) is 145 Å². The number of hydrogen-bond acceptors (Lipinski definition) is 1. The lowest BCUT2D eigenvalue weighted by Gasteiger charge is -2.41. The highest BCUT2D eigenvalue weighted by Crippen LogP contribution is 2.46. The van der Waals surface area contributed by atoms with Gasteiger partial charge in [0, 0.05) is 6.04 Å². The predicted octanol–water partition coefficient (Wildman–Crippen LogP) is 14.4. The molecular formula is C46H77N. The Morgan fingerprint density at radius 3 is 1.21 bits per heavy atom. The lowest BCUT2D eigenvalue weighted by atomic mass is 9.64. The van der Waals surface area contributed by atoms with Crippen molar-refractivity contribution in [2.24, 2.45) is 34.8 Å². The first kappa shape index (κ1) is 44.6. The quantitative estimate of drug-likeness (QED) is 0.0843. The molecule has 0 saturated carbocycles. The largest absolute Gasteiger partial charge is 0.327 e. The molecule has 0 rings (SSSR count). The van der Waals surface area contributed by atoms with Crippen LogP contribution >= 0.6 is 0 Å². The van der Waals surface area contributed by atoms with Gasteiger partial charge < -0.3 is 5.73 Å². The van der Waals surface area contributed by atoms with Gasteiger partial charge in [0.25, 0.3) is 0 Å². The zero-order valence-corrected chi connectivity index (χ0v) is 32.7. The first-order chi connectivity index (χ1) is 21.7. The average Bonchev–Trinajstić information content (AvgIpc) is 2.93. The fourth-order valence-corrected chi connectivity index (χ4v) is 7.17. The van der Waals surface area contributed by atoms with E-state index in [1.165, 1.54) is 50.2 Å². The maximum atomic E-state index is 6.39. The van der Waals surface area contributed by atoms with Crippen LogP contribution in [-0.4, -0.2) is 6.04 Å². The van der Waals surface area contributed by atoms with Crippen LogP contribution in [0, 0.1) is 29.1 Å². The molecule has 2 N–H and O–H groups in total. The van der Waals surface area contributed by atoms with E-state index < -0.39 is 0 Å². The molecule has 5 unspecified atom stereocenters. The van der Waals surface area contributed by atoms with Gasteiger partial charge in [0.15, 0.2) is 0 Å². The van der Waals surface area contributed by atoms with E-state index >= 15 is 0 Å². The third-order valence-corrected chi connectivity index (χ3v) is 10.2. The van der Waals surface area contributed by atoms with Crippen molar-refractivity contribution in [3.63, 3.8) is 0 Å². The molecule has 0 radical (unpaired) electrons. The van der Waals surface area contributed by atoms with Crippen LogP contribution < -0.4 is 5.73 Å². The summed E-state index contributed by atoms with van der Waals surface area (Å²) in [5, 5.41) is 0. The van der Waals surface area contributed by atoms with Gasteiger partial charge in [-0.3, -0.25) is 0 Å². The molecule has 0 bridgehead atoms. The van der Waals surface area contributed by atoms with Gasteiger partial charge in [0.1, 0.15) is 0 Å². The van der Waals surface area contributed by atoms with E-state index in [1.807, 2.05) is 0 Å². The van der Waals surface area contributed by atoms with E-state index in [2.05, 4.69) is 115 Å². The smallest absolute Gasteiger partial charge is 0.00648 e. The zero-order valence-electron chi connectivity index (χ0n) is 32.7. The molecule has 0 spiro atoms. The molecule has 0 aliphatic heterocycles. The first-order valence-corrected chi connectivity index (χ1v) is 18.4. The Kier molecular flexibility index (Phi) is 21.2. The summed E-state index contributed by atoms with van der Waals surface area (Å²) >= 11 is 0. The van der Waals surface area contributed by atoms with Crippen LogP contribution in [0.5, 0.6) is 0 Å². The molecule has 0 aromatic carbocycles. The van der Waals surface area contributed by atoms with Crippen LogP contribution in [0.25, 0.3) is 0 Å². The Morgan fingerprint density at radius 2 is 0.872 bits per heavy atom. The van der Waals surface area contributed by atoms with Crippen molar-refractivity contribution in [3.05, 3.63) is 109 Å². The van der Waals surface area contributed by atoms with Crippen LogP contribution in [-0.2, 0) is 0 Å². The summed E-state index contributed by atoms with van der Waals surface area (Å²) in [6.07, 6.45) is 13.8. The Hall–Kier alpha value is -2.38. The molecule has 0 aliphatic rings. The second-order valence-electron chi connectivity index (χ2n) is 16.3. The summed E-state index contributed by atoms with van der Waals surface area (Å²) in [7, 11) is 0. The monoisotopic (exact) mass is 644 g/mol. The Balaban J connectivity index is 7.14. The molecule has 1 heteroatoms. The predicted molar refractivity (Wildman–Crippen MR) is 217 cm³/mol. The first-order valence-electron chi connectivity index (χ1n) is 18.4. The third kappa shape index (κ3) is 19.3. The van der Waals surface area contributed by atoms with Gasteiger partial charge in [0.05, 0.1) is 0 Å². The maximum absolute atomic E-state index is 6.39. The highest BCUT2D eigenvalue weighted by molar-refractivity contribution is 5.15. The molecule has 0 aliphatic carbocycles. The molecule has 0 heterocycles. The summed E-state index contributed by atoms with van der Waals surface area (Å²) < 4.78 is 0. The second-order valence-corrected chi connectivity index (χ2v) is 16.3. The van der Waals surface area contributed by atoms with E-state index in [0.29, 0.717) is 23.7 Å². The maximum Gasteiger partial charge on any atom is 0.00648 e. The highest BCUT2D eigenvalue weighted by atomic mass is 14.7. The Bertz CT molecular complexity index is 1120. The standard InChI is InChI=1S/C46H77N/c1-18-35(9)20-22-42(27-38(12)24-32(3)4)44(29-36(10)19-2)45(30-40(14)26-34(7)8)43(28-39(13)25-33(5)6)23-21-37(11)31-46(16,17)41(15)47/h41-45H,3,5,7,9-14,18-31,47H2,1-2,4,6,8,15-17H3. The van der Waals surface area contributed by atoms with E-state index in [1.54, 1.807) is 0 Å². The average molecular weight is 644 g/mol. The molecular weight excluding hydrogens is 567 g/mol. The fourth-order valence-electron chi connectivity index (χ4n) is 7.17. The van der Waals surface area contributed by atoms with Gasteiger partial charge in [-0.2, -0.15) is 0 Å². The number of rotatable bonds is 28. The van der Waals surface area contributed by atoms with Crippen LogP contribution in [0.4, 0.5) is 0 Å². The van der Waals surface area contributed by atoms with Gasteiger partial charge in [-0.1, -0.05) is 137 Å². The molecule has 47 heavy (non-hydrogen) atoms. The SMILES string of the molecule is C=C(C)CC(=C)CC(CCC(=C)CC)C(CC(=C)CC)C(CC(=C)CC(=C)C)C(CCC(=C)CC(C)(C)C(C)N)CC(=C)CC(=C)C. The topological polar surface area (TPSA) is 26.0 Å². The van der Waals surface area contributed by atoms with Crippen molar-refractivity contribution in [2.75, 3.05) is 0 Å². The van der Waals surface area contributed by atoms with E-state index in [-0.39, 0.29) is 11.5 Å². The molecule has 0 fully saturated rings. The minimum absolute atomic E-state index is 0.0170. The van der Waals surface area contributed by atoms with Crippen molar-refractivity contribution in [1.82, 2.24) is 0 Å². The summed E-state index contributed by atoms with van der Waals surface area (Å²) in [5.74, 6) is 1.75. The molecule has 266 valence electrons. The van der Waals surface area contributed by atoms with Gasteiger partial charge in [-0.05, 0) is 147 Å². The summed E-state index contributed by atoms with van der Waals surface area (Å²) in [5.41, 5.74) is 17.7. The number of nitrogens with two attached hydrogens (primary N) is 1. The lowest BCUT2D eigenvalue weighted by Crippen LogP contribution is -2.35. The Morgan fingerprint density at radius 1 is 0.532 bits per heavy atom. The van der Waals surface area contributed by atoms with Crippen molar-refractivity contribution in [1.29, 1.82) is 0 Å². The van der Waals surface area contributed by atoms with Gasteiger partial charge in [-0.25, -0.2) is 0 Å². The van der Waals surface area contributed by atoms with Crippen molar-refractivity contribution < 1.29 is 0 Å². The molecule has 1 nitrogen and oxygen atoms in total. The van der Waals surface area contributed by atoms with Crippen LogP contribution in [0.3, 0.4) is 0 Å². The zero-order chi connectivity index (χ0) is 36.5. The Labute approximate surface area is 294 Å². The summed E-state index contributed by atoms with van der Waals surface area (Å²) in [4.78, 5) is 0. The van der Waals surface area contributed by atoms with E-state index in [0.717, 1.165) is 89.9 Å². The molecule has 5 atom stereocenters.